The summed E-state index contributed by atoms with van der Waals surface area (Å²) in [6, 6.07) is 5.44. The van der Waals surface area contributed by atoms with Gasteiger partial charge in [-0.25, -0.2) is 4.98 Å². The summed E-state index contributed by atoms with van der Waals surface area (Å²) in [6.45, 7) is 1.11. The highest BCUT2D eigenvalue weighted by Crippen LogP contribution is 2.26. The molecule has 3 aromatic rings. The maximum absolute atomic E-state index is 12.5. The van der Waals surface area contributed by atoms with E-state index in [1.807, 2.05) is 17.5 Å². The number of pyridine rings is 1. The number of aromatic nitrogens is 2. The van der Waals surface area contributed by atoms with Gasteiger partial charge in [0.25, 0.3) is 5.91 Å². The van der Waals surface area contributed by atoms with E-state index in [0.29, 0.717) is 36.6 Å². The molecule has 0 unspecified atom stereocenters. The number of nitrogens with zero attached hydrogens (tertiary/aromatic N) is 3. The molecule has 1 N–H and O–H groups in total. The summed E-state index contributed by atoms with van der Waals surface area (Å²) in [7, 11) is 0. The van der Waals surface area contributed by atoms with E-state index < -0.39 is 0 Å². The fourth-order valence-electron chi connectivity index (χ4n) is 3.10. The van der Waals surface area contributed by atoms with E-state index in [0.717, 1.165) is 11.3 Å². The Morgan fingerprint density at radius 2 is 2.11 bits per heavy atom. The summed E-state index contributed by atoms with van der Waals surface area (Å²) in [4.78, 5) is 35.2. The predicted molar refractivity (Wildman–Crippen MR) is 101 cm³/mol. The van der Waals surface area contributed by atoms with Crippen LogP contribution in [0.4, 0.5) is 5.13 Å². The van der Waals surface area contributed by atoms with Crippen molar-refractivity contribution in [2.75, 3.05) is 18.4 Å². The lowest BCUT2D eigenvalue weighted by Crippen LogP contribution is -2.41. The van der Waals surface area contributed by atoms with Crippen molar-refractivity contribution in [3.05, 3.63) is 54.1 Å². The Labute approximate surface area is 160 Å². The number of likely N-dealkylation sites (tertiary alicyclic amines) is 1. The van der Waals surface area contributed by atoms with Gasteiger partial charge in [-0.1, -0.05) is 0 Å². The van der Waals surface area contributed by atoms with Gasteiger partial charge in [-0.3, -0.25) is 14.6 Å². The molecule has 0 radical (unpaired) electrons. The van der Waals surface area contributed by atoms with Gasteiger partial charge in [0.15, 0.2) is 5.13 Å². The van der Waals surface area contributed by atoms with Crippen molar-refractivity contribution >= 4 is 28.3 Å². The molecule has 1 fully saturated rings. The smallest absolute Gasteiger partial charge is 0.257 e. The van der Waals surface area contributed by atoms with Crippen LogP contribution >= 0.6 is 11.3 Å². The average molecular weight is 382 g/mol. The molecule has 1 aliphatic heterocycles. The molecular formula is C19H18N4O3S. The minimum atomic E-state index is -0.121. The van der Waals surface area contributed by atoms with Crippen LogP contribution in [0.5, 0.6) is 0 Å². The first kappa shape index (κ1) is 17.4. The molecule has 0 spiro atoms. The monoisotopic (exact) mass is 382 g/mol. The van der Waals surface area contributed by atoms with Crippen molar-refractivity contribution in [3.8, 4) is 11.3 Å². The molecule has 0 aliphatic carbocycles. The first-order chi connectivity index (χ1) is 13.2. The Morgan fingerprint density at radius 3 is 2.81 bits per heavy atom. The molecule has 0 bridgehead atoms. The maximum Gasteiger partial charge on any atom is 0.257 e. The van der Waals surface area contributed by atoms with E-state index in [-0.39, 0.29) is 17.7 Å². The van der Waals surface area contributed by atoms with E-state index in [2.05, 4.69) is 15.3 Å². The average Bonchev–Trinajstić information content (AvgIpc) is 3.40. The van der Waals surface area contributed by atoms with Crippen LogP contribution in [-0.2, 0) is 4.79 Å². The third-order valence-corrected chi connectivity index (χ3v) is 5.37. The zero-order valence-corrected chi connectivity index (χ0v) is 15.3. The number of thiazole rings is 1. The van der Waals surface area contributed by atoms with Crippen LogP contribution in [-0.4, -0.2) is 39.8 Å². The standard InChI is InChI=1S/C19H18N4O3S/c24-17(22-19-21-16(12-27-19)14-2-1-6-20-10-14)13-3-7-23(8-4-13)18(25)15-5-9-26-11-15/h1-2,5-6,9-13H,3-4,7-8H2,(H,21,22,24). The van der Waals surface area contributed by atoms with Gasteiger partial charge >= 0.3 is 0 Å². The second-order valence-electron chi connectivity index (χ2n) is 6.35. The molecule has 3 aromatic heterocycles. The van der Waals surface area contributed by atoms with E-state index in [1.165, 1.54) is 23.9 Å². The number of nitrogens with one attached hydrogen (secondary N) is 1. The molecule has 0 aromatic carbocycles. The van der Waals surface area contributed by atoms with E-state index >= 15 is 0 Å². The minimum Gasteiger partial charge on any atom is -0.472 e. The molecule has 2 amide bonds. The minimum absolute atomic E-state index is 0.0440. The van der Waals surface area contributed by atoms with Gasteiger partial charge in [-0.15, -0.1) is 11.3 Å². The molecule has 8 heteroatoms. The number of hydrogen-bond donors (Lipinski definition) is 1. The molecule has 4 rings (SSSR count). The normalized spacial score (nSPS) is 14.9. The van der Waals surface area contributed by atoms with Crippen LogP contribution in [0.1, 0.15) is 23.2 Å². The largest absolute Gasteiger partial charge is 0.472 e. The van der Waals surface area contributed by atoms with Gasteiger partial charge in [0, 0.05) is 42.3 Å². The number of piperidine rings is 1. The highest BCUT2D eigenvalue weighted by Gasteiger charge is 2.28. The fourth-order valence-corrected chi connectivity index (χ4v) is 3.82. The lowest BCUT2D eigenvalue weighted by Gasteiger charge is -2.30. The Balaban J connectivity index is 1.32. The number of furan rings is 1. The van der Waals surface area contributed by atoms with Gasteiger partial charge in [0.2, 0.25) is 5.91 Å². The summed E-state index contributed by atoms with van der Waals surface area (Å²) >= 11 is 1.39. The van der Waals surface area contributed by atoms with E-state index in [1.54, 1.807) is 23.4 Å². The van der Waals surface area contributed by atoms with Crippen LogP contribution in [0.2, 0.25) is 0 Å². The summed E-state index contributed by atoms with van der Waals surface area (Å²) in [6.07, 6.45) is 7.66. The summed E-state index contributed by atoms with van der Waals surface area (Å²) in [5.41, 5.74) is 2.26. The maximum atomic E-state index is 12.5. The lowest BCUT2D eigenvalue weighted by atomic mass is 9.95. The zero-order valence-electron chi connectivity index (χ0n) is 14.5. The van der Waals surface area contributed by atoms with Crippen molar-refractivity contribution < 1.29 is 14.0 Å². The third kappa shape index (κ3) is 3.90. The van der Waals surface area contributed by atoms with Gasteiger partial charge in [0.1, 0.15) is 6.26 Å². The molecule has 0 saturated carbocycles. The van der Waals surface area contributed by atoms with Gasteiger partial charge in [-0.2, -0.15) is 0 Å². The van der Waals surface area contributed by atoms with Crippen molar-refractivity contribution in [3.63, 3.8) is 0 Å². The summed E-state index contributed by atoms with van der Waals surface area (Å²) in [5.74, 6) is -0.217. The Kier molecular flexibility index (Phi) is 4.97. The van der Waals surface area contributed by atoms with Crippen LogP contribution < -0.4 is 5.32 Å². The number of rotatable bonds is 4. The van der Waals surface area contributed by atoms with Crippen molar-refractivity contribution in [1.29, 1.82) is 0 Å². The summed E-state index contributed by atoms with van der Waals surface area (Å²) < 4.78 is 4.96. The highest BCUT2D eigenvalue weighted by molar-refractivity contribution is 7.14. The Morgan fingerprint density at radius 1 is 1.26 bits per heavy atom. The van der Waals surface area contributed by atoms with Crippen LogP contribution in [0.25, 0.3) is 11.3 Å². The van der Waals surface area contributed by atoms with Crippen molar-refractivity contribution in [1.82, 2.24) is 14.9 Å². The second kappa shape index (κ2) is 7.71. The molecule has 1 saturated heterocycles. The van der Waals surface area contributed by atoms with E-state index in [9.17, 15) is 9.59 Å². The molecule has 27 heavy (non-hydrogen) atoms. The number of anilines is 1. The molecule has 1 aliphatic rings. The number of carbonyl (C=O) groups excluding carboxylic acids is 2. The van der Waals surface area contributed by atoms with Gasteiger partial charge in [-0.05, 0) is 31.0 Å². The number of hydrogen-bond acceptors (Lipinski definition) is 6. The molecule has 138 valence electrons. The van der Waals surface area contributed by atoms with Crippen molar-refractivity contribution in [2.24, 2.45) is 5.92 Å². The van der Waals surface area contributed by atoms with Crippen LogP contribution in [0.15, 0.2) is 52.9 Å². The quantitative estimate of drug-likeness (QED) is 0.748. The lowest BCUT2D eigenvalue weighted by molar-refractivity contribution is -0.121. The number of carbonyl (C=O) groups is 2. The molecule has 7 nitrogen and oxygen atoms in total. The van der Waals surface area contributed by atoms with Crippen molar-refractivity contribution in [2.45, 2.75) is 12.8 Å². The Bertz CT molecular complexity index is 916. The topological polar surface area (TPSA) is 88.3 Å². The highest BCUT2D eigenvalue weighted by atomic mass is 32.1. The first-order valence-electron chi connectivity index (χ1n) is 8.69. The fraction of sp³-hybridized carbons (Fsp3) is 0.263. The number of amides is 2. The van der Waals surface area contributed by atoms with Crippen LogP contribution in [0, 0.1) is 5.92 Å². The molecular weight excluding hydrogens is 364 g/mol. The predicted octanol–water partition coefficient (Wildman–Crippen LogP) is 3.29. The first-order valence-corrected chi connectivity index (χ1v) is 9.57. The second-order valence-corrected chi connectivity index (χ2v) is 7.21. The molecule has 0 atom stereocenters. The third-order valence-electron chi connectivity index (χ3n) is 4.61. The zero-order chi connectivity index (χ0) is 18.6. The SMILES string of the molecule is O=C(Nc1nc(-c2cccnc2)cs1)C1CCN(C(=O)c2ccoc2)CC1. The summed E-state index contributed by atoms with van der Waals surface area (Å²) in [5, 5.41) is 5.38. The van der Waals surface area contributed by atoms with Gasteiger partial charge < -0.3 is 14.6 Å². The Hall–Kier alpha value is -3.00. The van der Waals surface area contributed by atoms with Gasteiger partial charge in [0.05, 0.1) is 17.5 Å². The van der Waals surface area contributed by atoms with Crippen LogP contribution in [0.3, 0.4) is 0 Å². The molecule has 4 heterocycles. The van der Waals surface area contributed by atoms with E-state index in [4.69, 9.17) is 4.42 Å².